The molecule has 1 aliphatic heterocycles. The number of halogens is 1. The lowest BCUT2D eigenvalue weighted by atomic mass is 9.69. The molecule has 1 fully saturated rings. The van der Waals surface area contributed by atoms with Crippen LogP contribution in [0.25, 0.3) is 0 Å². The summed E-state index contributed by atoms with van der Waals surface area (Å²) in [5, 5.41) is 3.15. The van der Waals surface area contributed by atoms with E-state index in [2.05, 4.69) is 9.88 Å². The predicted octanol–water partition coefficient (Wildman–Crippen LogP) is 2.48. The van der Waals surface area contributed by atoms with Gasteiger partial charge in [0, 0.05) is 36.5 Å². The molecule has 2 amide bonds. The van der Waals surface area contributed by atoms with Gasteiger partial charge in [-0.3, -0.25) is 14.9 Å². The molecule has 3 atom stereocenters. The van der Waals surface area contributed by atoms with Gasteiger partial charge in [-0.15, -0.1) is 0 Å². The lowest BCUT2D eigenvalue weighted by Gasteiger charge is -2.32. The third-order valence-corrected chi connectivity index (χ3v) is 5.67. The lowest BCUT2D eigenvalue weighted by molar-refractivity contribution is -0.126. The number of benzene rings is 1. The van der Waals surface area contributed by atoms with Crippen molar-refractivity contribution in [3.05, 3.63) is 58.4 Å². The van der Waals surface area contributed by atoms with E-state index in [-0.39, 0.29) is 17.7 Å². The minimum absolute atomic E-state index is 0.117. The van der Waals surface area contributed by atoms with E-state index in [0.29, 0.717) is 24.6 Å². The molecule has 1 saturated heterocycles. The van der Waals surface area contributed by atoms with Gasteiger partial charge in [0.25, 0.3) is 0 Å². The third kappa shape index (κ3) is 2.58. The molecule has 0 spiro atoms. The molecular formula is C19H19ClN2O3. The second kappa shape index (κ2) is 6.32. The van der Waals surface area contributed by atoms with Crippen LogP contribution in [0.5, 0.6) is 0 Å². The van der Waals surface area contributed by atoms with Gasteiger partial charge in [0.05, 0.1) is 18.4 Å². The molecule has 1 aromatic carbocycles. The van der Waals surface area contributed by atoms with Crippen molar-refractivity contribution in [2.24, 2.45) is 5.92 Å². The number of ether oxygens (including phenoxy) is 1. The van der Waals surface area contributed by atoms with Crippen LogP contribution in [-0.4, -0.2) is 30.1 Å². The van der Waals surface area contributed by atoms with Gasteiger partial charge in [-0.1, -0.05) is 29.8 Å². The predicted molar refractivity (Wildman–Crippen MR) is 93.6 cm³/mol. The van der Waals surface area contributed by atoms with Crippen molar-refractivity contribution in [2.45, 2.75) is 24.8 Å². The van der Waals surface area contributed by atoms with Gasteiger partial charge in [0.2, 0.25) is 11.8 Å². The standard InChI is InChI=1S/C19H19ClN2O3/c1-25-9-8-22-7-6-12-15(22)10-13(11-4-2-3-5-14(11)20)17-16(12)18(23)21-19(17)24/h2-7,13,16-17H,8-10H2,1H3,(H,21,23,24). The summed E-state index contributed by atoms with van der Waals surface area (Å²) in [4.78, 5) is 25.0. The number of hydrogen-bond donors (Lipinski definition) is 1. The highest BCUT2D eigenvalue weighted by atomic mass is 35.5. The minimum atomic E-state index is -0.443. The van der Waals surface area contributed by atoms with Crippen molar-refractivity contribution in [1.29, 1.82) is 0 Å². The number of carbonyl (C=O) groups excluding carboxylic acids is 2. The van der Waals surface area contributed by atoms with Crippen LogP contribution in [0, 0.1) is 5.92 Å². The molecule has 6 heteroatoms. The van der Waals surface area contributed by atoms with Gasteiger partial charge in [-0.05, 0) is 29.7 Å². The summed E-state index contributed by atoms with van der Waals surface area (Å²) in [5.74, 6) is -1.37. The number of nitrogens with zero attached hydrogens (tertiary/aromatic N) is 1. The summed E-state index contributed by atoms with van der Waals surface area (Å²) < 4.78 is 7.31. The Morgan fingerprint density at radius 1 is 1.20 bits per heavy atom. The first kappa shape index (κ1) is 16.4. The Labute approximate surface area is 150 Å². The van der Waals surface area contributed by atoms with E-state index in [1.54, 1.807) is 7.11 Å². The molecule has 25 heavy (non-hydrogen) atoms. The summed E-state index contributed by atoms with van der Waals surface area (Å²) in [6, 6.07) is 9.54. The Balaban J connectivity index is 1.82. The van der Waals surface area contributed by atoms with E-state index in [1.165, 1.54) is 0 Å². The zero-order valence-electron chi connectivity index (χ0n) is 13.9. The van der Waals surface area contributed by atoms with E-state index in [9.17, 15) is 9.59 Å². The Bertz CT molecular complexity index is 845. The van der Waals surface area contributed by atoms with Crippen molar-refractivity contribution in [1.82, 2.24) is 9.88 Å². The van der Waals surface area contributed by atoms with Gasteiger partial charge < -0.3 is 9.30 Å². The summed E-state index contributed by atoms with van der Waals surface area (Å²) >= 11 is 6.41. The second-order valence-electron chi connectivity index (χ2n) is 6.59. The van der Waals surface area contributed by atoms with Crippen LogP contribution >= 0.6 is 11.6 Å². The van der Waals surface area contributed by atoms with Crippen molar-refractivity contribution in [3.8, 4) is 0 Å². The molecule has 1 aromatic heterocycles. The third-order valence-electron chi connectivity index (χ3n) is 5.33. The number of carbonyl (C=O) groups is 2. The highest BCUT2D eigenvalue weighted by Gasteiger charge is 2.51. The summed E-state index contributed by atoms with van der Waals surface area (Å²) in [5.41, 5.74) is 2.97. The quantitative estimate of drug-likeness (QED) is 0.854. The molecule has 130 valence electrons. The Kier molecular flexibility index (Phi) is 4.13. The molecule has 1 aliphatic carbocycles. The van der Waals surface area contributed by atoms with Crippen LogP contribution in [0.1, 0.15) is 28.7 Å². The SMILES string of the molecule is COCCn1ccc2c1CC(c1ccccc1Cl)C1C(=O)NC(=O)C21. The van der Waals surface area contributed by atoms with Gasteiger partial charge in [0.15, 0.2) is 0 Å². The number of methoxy groups -OCH3 is 1. The van der Waals surface area contributed by atoms with Crippen LogP contribution in [-0.2, 0) is 27.3 Å². The van der Waals surface area contributed by atoms with Crippen molar-refractivity contribution in [3.63, 3.8) is 0 Å². The highest BCUT2D eigenvalue weighted by Crippen LogP contribution is 2.48. The monoisotopic (exact) mass is 358 g/mol. The molecule has 4 rings (SSSR count). The molecule has 2 aliphatic rings. The number of fused-ring (bicyclic) bond motifs is 3. The first-order valence-corrected chi connectivity index (χ1v) is 8.75. The molecule has 2 aromatic rings. The van der Waals surface area contributed by atoms with Crippen LogP contribution in [0.2, 0.25) is 5.02 Å². The summed E-state index contributed by atoms with van der Waals surface area (Å²) in [6.07, 6.45) is 2.66. The Morgan fingerprint density at radius 2 is 2.00 bits per heavy atom. The first-order chi connectivity index (χ1) is 12.1. The molecule has 5 nitrogen and oxygen atoms in total. The van der Waals surface area contributed by atoms with E-state index < -0.39 is 11.8 Å². The fraction of sp³-hybridized carbons (Fsp3) is 0.368. The summed E-state index contributed by atoms with van der Waals surface area (Å²) in [7, 11) is 1.67. The maximum absolute atomic E-state index is 12.5. The van der Waals surface area contributed by atoms with Gasteiger partial charge in [-0.2, -0.15) is 0 Å². The van der Waals surface area contributed by atoms with Crippen LogP contribution < -0.4 is 5.32 Å². The molecular weight excluding hydrogens is 340 g/mol. The molecule has 1 N–H and O–H groups in total. The normalized spacial score (nSPS) is 24.8. The number of aromatic nitrogens is 1. The number of imide groups is 1. The fourth-order valence-corrected chi connectivity index (χ4v) is 4.48. The smallest absolute Gasteiger partial charge is 0.235 e. The minimum Gasteiger partial charge on any atom is -0.383 e. The fourth-order valence-electron chi connectivity index (χ4n) is 4.20. The van der Waals surface area contributed by atoms with E-state index in [1.807, 2.05) is 36.5 Å². The van der Waals surface area contributed by atoms with Crippen molar-refractivity contribution < 1.29 is 14.3 Å². The summed E-state index contributed by atoms with van der Waals surface area (Å²) in [6.45, 7) is 1.31. The average molecular weight is 359 g/mol. The van der Waals surface area contributed by atoms with Crippen LogP contribution in [0.15, 0.2) is 36.5 Å². The van der Waals surface area contributed by atoms with Crippen molar-refractivity contribution in [2.75, 3.05) is 13.7 Å². The second-order valence-corrected chi connectivity index (χ2v) is 7.00. The van der Waals surface area contributed by atoms with Gasteiger partial charge in [-0.25, -0.2) is 0 Å². The van der Waals surface area contributed by atoms with Gasteiger partial charge in [0.1, 0.15) is 0 Å². The molecule has 0 radical (unpaired) electrons. The Hall–Kier alpha value is -2.11. The van der Waals surface area contributed by atoms with Crippen LogP contribution in [0.4, 0.5) is 0 Å². The Morgan fingerprint density at radius 3 is 2.76 bits per heavy atom. The average Bonchev–Trinajstić information content (AvgIpc) is 3.13. The van der Waals surface area contributed by atoms with Gasteiger partial charge >= 0.3 is 0 Å². The van der Waals surface area contributed by atoms with E-state index in [0.717, 1.165) is 16.8 Å². The van der Waals surface area contributed by atoms with E-state index >= 15 is 0 Å². The zero-order chi connectivity index (χ0) is 17.6. The largest absolute Gasteiger partial charge is 0.383 e. The molecule has 0 bridgehead atoms. The van der Waals surface area contributed by atoms with Crippen LogP contribution in [0.3, 0.4) is 0 Å². The number of rotatable bonds is 4. The topological polar surface area (TPSA) is 60.3 Å². The molecule has 2 heterocycles. The molecule has 0 saturated carbocycles. The zero-order valence-corrected chi connectivity index (χ0v) is 14.6. The maximum atomic E-state index is 12.5. The van der Waals surface area contributed by atoms with Crippen molar-refractivity contribution >= 4 is 23.4 Å². The lowest BCUT2D eigenvalue weighted by Crippen LogP contribution is -2.31. The molecule has 3 unspecified atom stereocenters. The van der Waals surface area contributed by atoms with E-state index in [4.69, 9.17) is 16.3 Å². The number of hydrogen-bond acceptors (Lipinski definition) is 3. The number of amides is 2. The highest BCUT2D eigenvalue weighted by molar-refractivity contribution is 6.31. The first-order valence-electron chi connectivity index (χ1n) is 8.37. The maximum Gasteiger partial charge on any atom is 0.235 e. The number of nitrogens with one attached hydrogen (secondary N) is 1.